The molecular formula is C20H19N5O2S. The molecule has 1 unspecified atom stereocenters. The van der Waals surface area contributed by atoms with Gasteiger partial charge in [0.1, 0.15) is 5.69 Å². The van der Waals surface area contributed by atoms with E-state index >= 15 is 0 Å². The number of hydrogen-bond donors (Lipinski definition) is 0. The van der Waals surface area contributed by atoms with Gasteiger partial charge in [0, 0.05) is 18.2 Å². The van der Waals surface area contributed by atoms with Gasteiger partial charge in [-0.2, -0.15) is 4.98 Å². The van der Waals surface area contributed by atoms with E-state index in [0.717, 1.165) is 12.0 Å². The summed E-state index contributed by atoms with van der Waals surface area (Å²) >= 11 is 1.38. The average molecular weight is 393 g/mol. The van der Waals surface area contributed by atoms with E-state index in [1.807, 2.05) is 55.6 Å². The van der Waals surface area contributed by atoms with Crippen molar-refractivity contribution < 1.29 is 9.53 Å². The summed E-state index contributed by atoms with van der Waals surface area (Å²) in [6, 6.07) is 13.1. The molecule has 1 aromatic carbocycles. The SMILES string of the molecule is CCCC(=O)N1c2ccccc2-c2nnc(SC)nc2OC1c1ccccn1. The predicted octanol–water partition coefficient (Wildman–Crippen LogP) is 3.88. The number of pyridine rings is 1. The molecule has 3 aromatic rings. The van der Waals surface area contributed by atoms with Crippen LogP contribution in [0.2, 0.25) is 0 Å². The number of ether oxygens (including phenoxy) is 1. The number of amides is 1. The third-order valence-electron chi connectivity index (χ3n) is 4.37. The fourth-order valence-electron chi connectivity index (χ4n) is 3.12. The van der Waals surface area contributed by atoms with Crippen molar-refractivity contribution in [2.75, 3.05) is 11.2 Å². The maximum Gasteiger partial charge on any atom is 0.247 e. The fourth-order valence-corrected chi connectivity index (χ4v) is 3.41. The molecule has 0 saturated carbocycles. The van der Waals surface area contributed by atoms with Crippen LogP contribution in [0.4, 0.5) is 5.69 Å². The zero-order valence-corrected chi connectivity index (χ0v) is 16.4. The Bertz CT molecular complexity index is 999. The van der Waals surface area contributed by atoms with Crippen molar-refractivity contribution in [1.82, 2.24) is 20.2 Å². The Labute approximate surface area is 167 Å². The number of rotatable bonds is 4. The van der Waals surface area contributed by atoms with E-state index < -0.39 is 6.23 Å². The molecule has 0 spiro atoms. The third-order valence-corrected chi connectivity index (χ3v) is 4.91. The Hall–Kier alpha value is -3.00. The molecule has 1 aliphatic rings. The molecule has 0 N–H and O–H groups in total. The van der Waals surface area contributed by atoms with E-state index in [4.69, 9.17) is 4.74 Å². The van der Waals surface area contributed by atoms with Gasteiger partial charge in [-0.05, 0) is 30.9 Å². The number of carbonyl (C=O) groups excluding carboxylic acids is 1. The minimum Gasteiger partial charge on any atom is -0.445 e. The summed E-state index contributed by atoms with van der Waals surface area (Å²) in [6.07, 6.45) is 3.95. The minimum absolute atomic E-state index is 0.0449. The van der Waals surface area contributed by atoms with Gasteiger partial charge in [0.25, 0.3) is 0 Å². The summed E-state index contributed by atoms with van der Waals surface area (Å²) in [5.74, 6) is 0.297. The molecule has 1 amide bonds. The number of anilines is 1. The van der Waals surface area contributed by atoms with Gasteiger partial charge in [0.2, 0.25) is 23.2 Å². The minimum atomic E-state index is -0.742. The van der Waals surface area contributed by atoms with E-state index in [0.29, 0.717) is 34.5 Å². The number of aromatic nitrogens is 4. The lowest BCUT2D eigenvalue weighted by atomic mass is 10.1. The van der Waals surface area contributed by atoms with Crippen LogP contribution in [-0.4, -0.2) is 32.3 Å². The van der Waals surface area contributed by atoms with Gasteiger partial charge in [0.05, 0.1) is 5.69 Å². The molecular weight excluding hydrogens is 374 g/mol. The van der Waals surface area contributed by atoms with Gasteiger partial charge in [-0.3, -0.25) is 14.7 Å². The number of hydrogen-bond acceptors (Lipinski definition) is 7. The maximum atomic E-state index is 13.1. The highest BCUT2D eigenvalue weighted by Crippen LogP contribution is 2.43. The second-order valence-electron chi connectivity index (χ2n) is 6.21. The van der Waals surface area contributed by atoms with Crippen molar-refractivity contribution in [1.29, 1.82) is 0 Å². The van der Waals surface area contributed by atoms with E-state index in [1.54, 1.807) is 11.1 Å². The normalized spacial score (nSPS) is 15.2. The Morgan fingerprint density at radius 1 is 1.18 bits per heavy atom. The van der Waals surface area contributed by atoms with Crippen LogP contribution in [-0.2, 0) is 4.79 Å². The lowest BCUT2D eigenvalue weighted by Gasteiger charge is -2.30. The quantitative estimate of drug-likeness (QED) is 0.622. The van der Waals surface area contributed by atoms with Gasteiger partial charge >= 0.3 is 0 Å². The molecule has 2 aromatic heterocycles. The molecule has 7 nitrogen and oxygen atoms in total. The average Bonchev–Trinajstić information content (AvgIpc) is 2.88. The van der Waals surface area contributed by atoms with Crippen LogP contribution in [0.5, 0.6) is 5.88 Å². The van der Waals surface area contributed by atoms with Gasteiger partial charge < -0.3 is 4.74 Å². The largest absolute Gasteiger partial charge is 0.445 e. The lowest BCUT2D eigenvalue weighted by Crippen LogP contribution is -2.38. The maximum absolute atomic E-state index is 13.1. The number of para-hydroxylation sites is 1. The number of nitrogens with zero attached hydrogens (tertiary/aromatic N) is 5. The summed E-state index contributed by atoms with van der Waals surface area (Å²) in [5, 5.41) is 9.00. The number of carbonyl (C=O) groups is 1. The predicted molar refractivity (Wildman–Crippen MR) is 107 cm³/mol. The zero-order valence-electron chi connectivity index (χ0n) is 15.6. The molecule has 8 heteroatoms. The molecule has 1 atom stereocenters. The molecule has 0 bridgehead atoms. The van der Waals surface area contributed by atoms with Crippen molar-refractivity contribution in [3.05, 3.63) is 54.4 Å². The van der Waals surface area contributed by atoms with Crippen molar-refractivity contribution in [3.8, 4) is 17.1 Å². The lowest BCUT2D eigenvalue weighted by molar-refractivity contribution is -0.120. The van der Waals surface area contributed by atoms with Gasteiger partial charge in [-0.15, -0.1) is 10.2 Å². The van der Waals surface area contributed by atoms with Crippen LogP contribution < -0.4 is 9.64 Å². The second-order valence-corrected chi connectivity index (χ2v) is 6.98. The number of fused-ring (bicyclic) bond motifs is 3. The summed E-state index contributed by atoms with van der Waals surface area (Å²) in [6.45, 7) is 1.98. The van der Waals surface area contributed by atoms with E-state index in [9.17, 15) is 4.79 Å². The van der Waals surface area contributed by atoms with Crippen LogP contribution in [0, 0.1) is 0 Å². The Kier molecular flexibility index (Phi) is 5.21. The summed E-state index contributed by atoms with van der Waals surface area (Å²) in [7, 11) is 0. The Balaban J connectivity index is 1.95. The highest BCUT2D eigenvalue weighted by molar-refractivity contribution is 7.98. The Morgan fingerprint density at radius 3 is 2.75 bits per heavy atom. The third kappa shape index (κ3) is 3.31. The Morgan fingerprint density at radius 2 is 2.00 bits per heavy atom. The number of thioether (sulfide) groups is 1. The van der Waals surface area contributed by atoms with Gasteiger partial charge in [-0.25, -0.2) is 0 Å². The van der Waals surface area contributed by atoms with Gasteiger partial charge in [0.15, 0.2) is 5.69 Å². The first kappa shape index (κ1) is 18.4. The first-order valence-electron chi connectivity index (χ1n) is 9.00. The van der Waals surface area contributed by atoms with E-state index in [1.165, 1.54) is 11.8 Å². The van der Waals surface area contributed by atoms with E-state index in [2.05, 4.69) is 20.2 Å². The monoisotopic (exact) mass is 393 g/mol. The van der Waals surface area contributed by atoms with E-state index in [-0.39, 0.29) is 5.91 Å². The topological polar surface area (TPSA) is 81.1 Å². The fraction of sp³-hybridized carbons (Fsp3) is 0.250. The second kappa shape index (κ2) is 7.93. The summed E-state index contributed by atoms with van der Waals surface area (Å²) < 4.78 is 6.26. The summed E-state index contributed by atoms with van der Waals surface area (Å²) in [4.78, 5) is 23.7. The van der Waals surface area contributed by atoms with Crippen molar-refractivity contribution in [2.24, 2.45) is 0 Å². The van der Waals surface area contributed by atoms with Crippen molar-refractivity contribution in [3.63, 3.8) is 0 Å². The molecule has 4 rings (SSSR count). The summed E-state index contributed by atoms with van der Waals surface area (Å²) in [5.41, 5.74) is 2.61. The van der Waals surface area contributed by atoms with Gasteiger partial charge in [-0.1, -0.05) is 43.0 Å². The molecule has 0 saturated heterocycles. The van der Waals surface area contributed by atoms with Crippen LogP contribution in [0.15, 0.2) is 53.8 Å². The van der Waals surface area contributed by atoms with Crippen molar-refractivity contribution >= 4 is 23.4 Å². The highest BCUT2D eigenvalue weighted by Gasteiger charge is 2.36. The molecule has 28 heavy (non-hydrogen) atoms. The zero-order chi connectivity index (χ0) is 19.5. The molecule has 0 radical (unpaired) electrons. The first-order valence-corrected chi connectivity index (χ1v) is 10.2. The smallest absolute Gasteiger partial charge is 0.247 e. The molecule has 3 heterocycles. The molecule has 0 fully saturated rings. The molecule has 0 aliphatic carbocycles. The number of benzene rings is 1. The standard InChI is InChI=1S/C20H19N5O2S/c1-3-8-16(26)25-15-11-5-4-9-13(15)17-18(22-20(28-2)24-23-17)27-19(25)14-10-6-7-12-21-14/h4-7,9-12,19H,3,8H2,1-2H3. The van der Waals surface area contributed by atoms with Crippen LogP contribution in [0.1, 0.15) is 31.7 Å². The molecule has 1 aliphatic heterocycles. The van der Waals surface area contributed by atoms with Crippen LogP contribution in [0.3, 0.4) is 0 Å². The van der Waals surface area contributed by atoms with Crippen molar-refractivity contribution in [2.45, 2.75) is 31.1 Å². The van der Waals surface area contributed by atoms with Crippen LogP contribution >= 0.6 is 11.8 Å². The molecule has 142 valence electrons. The van der Waals surface area contributed by atoms with Crippen LogP contribution in [0.25, 0.3) is 11.3 Å². The first-order chi connectivity index (χ1) is 13.7. The highest BCUT2D eigenvalue weighted by atomic mass is 32.2.